The van der Waals surface area contributed by atoms with Crippen molar-refractivity contribution < 1.29 is 14.0 Å². The first-order valence-electron chi connectivity index (χ1n) is 9.03. The second kappa shape index (κ2) is 6.99. The highest BCUT2D eigenvalue weighted by Gasteiger charge is 2.34. The first kappa shape index (κ1) is 18.0. The Kier molecular flexibility index (Phi) is 4.50. The number of fused-ring (bicyclic) bond motifs is 1. The minimum Gasteiger partial charge on any atom is -0.352 e. The Hall–Kier alpha value is -3.35. The van der Waals surface area contributed by atoms with Crippen LogP contribution in [0.2, 0.25) is 0 Å². The van der Waals surface area contributed by atoms with Crippen molar-refractivity contribution in [1.82, 2.24) is 20.2 Å². The minimum atomic E-state index is -0.802. The van der Waals surface area contributed by atoms with Gasteiger partial charge < -0.3 is 10.2 Å². The van der Waals surface area contributed by atoms with E-state index in [9.17, 15) is 14.0 Å². The highest BCUT2D eigenvalue weighted by molar-refractivity contribution is 6.00. The molecule has 1 aliphatic heterocycles. The van der Waals surface area contributed by atoms with Gasteiger partial charge in [0.2, 0.25) is 5.91 Å². The molecular weight excluding hydrogens is 359 g/mol. The van der Waals surface area contributed by atoms with E-state index in [1.807, 2.05) is 13.8 Å². The van der Waals surface area contributed by atoms with Gasteiger partial charge in [0.25, 0.3) is 5.91 Å². The Morgan fingerprint density at radius 3 is 2.46 bits per heavy atom. The number of carbonyl (C=O) groups excluding carboxylic acids is 2. The van der Waals surface area contributed by atoms with E-state index in [1.54, 1.807) is 18.2 Å². The molecule has 1 unspecified atom stereocenters. The first-order chi connectivity index (χ1) is 13.4. The zero-order valence-corrected chi connectivity index (χ0v) is 15.6. The molecule has 142 valence electrons. The van der Waals surface area contributed by atoms with Crippen molar-refractivity contribution >= 4 is 22.8 Å². The lowest BCUT2D eigenvalue weighted by atomic mass is 10.0. The summed E-state index contributed by atoms with van der Waals surface area (Å²) in [4.78, 5) is 36.2. The molecule has 2 amide bonds. The van der Waals surface area contributed by atoms with Gasteiger partial charge in [0.15, 0.2) is 0 Å². The molecule has 0 bridgehead atoms. The molecule has 0 radical (unpaired) electrons. The summed E-state index contributed by atoms with van der Waals surface area (Å²) in [6, 6.07) is 10.00. The van der Waals surface area contributed by atoms with Gasteiger partial charge in [-0.1, -0.05) is 12.1 Å². The summed E-state index contributed by atoms with van der Waals surface area (Å²) in [5.74, 6) is -0.944. The Bertz CT molecular complexity index is 1080. The van der Waals surface area contributed by atoms with Crippen molar-refractivity contribution in [3.8, 4) is 0 Å². The van der Waals surface area contributed by atoms with Crippen LogP contribution in [0.25, 0.3) is 11.0 Å². The molecule has 0 spiro atoms. The normalized spacial score (nSPS) is 16.9. The SMILES string of the molecule is Cc1nc2ccc(C(=O)N3CCNC(=O)C3c3ccc(F)cc3)cc2nc1C. The average Bonchev–Trinajstić information content (AvgIpc) is 2.69. The first-order valence-corrected chi connectivity index (χ1v) is 9.03. The molecule has 1 aromatic heterocycles. The summed E-state index contributed by atoms with van der Waals surface area (Å²) in [5.41, 5.74) is 4.00. The Balaban J connectivity index is 1.72. The number of rotatable bonds is 2. The second-order valence-electron chi connectivity index (χ2n) is 6.84. The summed E-state index contributed by atoms with van der Waals surface area (Å²) < 4.78 is 13.3. The number of aryl methyl sites for hydroxylation is 2. The monoisotopic (exact) mass is 378 g/mol. The quantitative estimate of drug-likeness (QED) is 0.744. The van der Waals surface area contributed by atoms with E-state index >= 15 is 0 Å². The van der Waals surface area contributed by atoms with Gasteiger partial charge in [-0.25, -0.2) is 14.4 Å². The van der Waals surface area contributed by atoms with Gasteiger partial charge in [-0.3, -0.25) is 9.59 Å². The van der Waals surface area contributed by atoms with E-state index in [0.717, 1.165) is 11.4 Å². The van der Waals surface area contributed by atoms with E-state index in [2.05, 4.69) is 15.3 Å². The summed E-state index contributed by atoms with van der Waals surface area (Å²) >= 11 is 0. The summed E-state index contributed by atoms with van der Waals surface area (Å²) in [7, 11) is 0. The lowest BCUT2D eigenvalue weighted by molar-refractivity contribution is -0.128. The zero-order valence-electron chi connectivity index (χ0n) is 15.6. The third kappa shape index (κ3) is 3.19. The van der Waals surface area contributed by atoms with Crippen molar-refractivity contribution in [3.63, 3.8) is 0 Å². The molecule has 0 aliphatic carbocycles. The van der Waals surface area contributed by atoms with E-state index in [0.29, 0.717) is 35.2 Å². The predicted octanol–water partition coefficient (Wildman–Crippen LogP) is 2.70. The van der Waals surface area contributed by atoms with Gasteiger partial charge in [0.05, 0.1) is 22.4 Å². The van der Waals surface area contributed by atoms with Crippen molar-refractivity contribution in [2.24, 2.45) is 0 Å². The molecule has 6 nitrogen and oxygen atoms in total. The third-order valence-corrected chi connectivity index (χ3v) is 4.98. The van der Waals surface area contributed by atoms with Crippen LogP contribution >= 0.6 is 0 Å². The summed E-state index contributed by atoms with van der Waals surface area (Å²) in [5, 5.41) is 2.78. The third-order valence-electron chi connectivity index (χ3n) is 4.98. The van der Waals surface area contributed by atoms with Crippen LogP contribution in [0.4, 0.5) is 4.39 Å². The largest absolute Gasteiger partial charge is 0.352 e. The van der Waals surface area contributed by atoms with Crippen LogP contribution in [0.3, 0.4) is 0 Å². The number of amides is 2. The number of nitrogens with zero attached hydrogens (tertiary/aromatic N) is 3. The number of piperazine rings is 1. The van der Waals surface area contributed by atoms with Crippen molar-refractivity contribution in [1.29, 1.82) is 0 Å². The molecule has 1 fully saturated rings. The molecule has 2 heterocycles. The average molecular weight is 378 g/mol. The highest BCUT2D eigenvalue weighted by Crippen LogP contribution is 2.26. The Labute approximate surface area is 161 Å². The Morgan fingerprint density at radius 2 is 1.75 bits per heavy atom. The van der Waals surface area contributed by atoms with Crippen LogP contribution < -0.4 is 5.32 Å². The number of aromatic nitrogens is 2. The number of hydrogen-bond donors (Lipinski definition) is 1. The molecule has 28 heavy (non-hydrogen) atoms. The number of hydrogen-bond acceptors (Lipinski definition) is 4. The van der Waals surface area contributed by atoms with Crippen LogP contribution in [-0.2, 0) is 4.79 Å². The summed E-state index contributed by atoms with van der Waals surface area (Å²) in [6.45, 7) is 4.49. The maximum absolute atomic E-state index is 13.3. The molecule has 3 aromatic rings. The van der Waals surface area contributed by atoms with Gasteiger partial charge in [-0.15, -0.1) is 0 Å². The molecule has 2 aromatic carbocycles. The molecule has 1 saturated heterocycles. The second-order valence-corrected chi connectivity index (χ2v) is 6.84. The fraction of sp³-hybridized carbons (Fsp3) is 0.238. The molecule has 4 rings (SSSR count). The number of nitrogens with one attached hydrogen (secondary N) is 1. The van der Waals surface area contributed by atoms with Gasteiger partial charge in [-0.2, -0.15) is 0 Å². The van der Waals surface area contributed by atoms with Crippen LogP contribution in [0.5, 0.6) is 0 Å². The highest BCUT2D eigenvalue weighted by atomic mass is 19.1. The minimum absolute atomic E-state index is 0.272. The maximum atomic E-state index is 13.3. The van der Waals surface area contributed by atoms with Gasteiger partial charge >= 0.3 is 0 Å². The molecule has 7 heteroatoms. The Morgan fingerprint density at radius 1 is 1.07 bits per heavy atom. The molecule has 1 aliphatic rings. The zero-order chi connectivity index (χ0) is 19.8. The lowest BCUT2D eigenvalue weighted by Gasteiger charge is -2.35. The number of benzene rings is 2. The standard InChI is InChI=1S/C21H19FN4O2/c1-12-13(2)25-18-11-15(5-8-17(18)24-12)21(28)26-10-9-23-20(27)19(26)14-3-6-16(22)7-4-14/h3-8,11,19H,9-10H2,1-2H3,(H,23,27). The van der Waals surface area contributed by atoms with Crippen molar-refractivity contribution in [2.45, 2.75) is 19.9 Å². The maximum Gasteiger partial charge on any atom is 0.254 e. The van der Waals surface area contributed by atoms with Crippen molar-refractivity contribution in [3.05, 3.63) is 70.8 Å². The van der Waals surface area contributed by atoms with Crippen LogP contribution in [0.15, 0.2) is 42.5 Å². The topological polar surface area (TPSA) is 75.2 Å². The number of carbonyl (C=O) groups is 2. The van der Waals surface area contributed by atoms with Gasteiger partial charge in [0, 0.05) is 18.7 Å². The van der Waals surface area contributed by atoms with E-state index in [-0.39, 0.29) is 11.8 Å². The predicted molar refractivity (Wildman–Crippen MR) is 102 cm³/mol. The van der Waals surface area contributed by atoms with E-state index in [4.69, 9.17) is 0 Å². The van der Waals surface area contributed by atoms with E-state index in [1.165, 1.54) is 29.2 Å². The van der Waals surface area contributed by atoms with Crippen molar-refractivity contribution in [2.75, 3.05) is 13.1 Å². The number of halogens is 1. The summed E-state index contributed by atoms with van der Waals surface area (Å²) in [6.07, 6.45) is 0. The van der Waals surface area contributed by atoms with Crippen LogP contribution in [-0.4, -0.2) is 39.8 Å². The van der Waals surface area contributed by atoms with Gasteiger partial charge in [-0.05, 0) is 49.7 Å². The molecule has 1 atom stereocenters. The molecule has 0 saturated carbocycles. The fourth-order valence-corrected chi connectivity index (χ4v) is 3.39. The van der Waals surface area contributed by atoms with Gasteiger partial charge in [0.1, 0.15) is 11.9 Å². The molecular formula is C21H19FN4O2. The lowest BCUT2D eigenvalue weighted by Crippen LogP contribution is -2.52. The van der Waals surface area contributed by atoms with Crippen LogP contribution in [0.1, 0.15) is 33.4 Å². The van der Waals surface area contributed by atoms with E-state index < -0.39 is 11.9 Å². The fourth-order valence-electron chi connectivity index (χ4n) is 3.39. The molecule has 1 N–H and O–H groups in total. The smallest absolute Gasteiger partial charge is 0.254 e. The van der Waals surface area contributed by atoms with Crippen LogP contribution in [0, 0.1) is 19.7 Å².